The van der Waals surface area contributed by atoms with Crippen LogP contribution in [0.15, 0.2) is 42.0 Å². The second kappa shape index (κ2) is 6.99. The van der Waals surface area contributed by atoms with E-state index < -0.39 is 0 Å². The van der Waals surface area contributed by atoms with Crippen molar-refractivity contribution >= 4 is 22.3 Å². The Bertz CT molecular complexity index is 885. The summed E-state index contributed by atoms with van der Waals surface area (Å²) < 4.78 is 8.01. The van der Waals surface area contributed by atoms with Gasteiger partial charge in [-0.15, -0.1) is 11.3 Å². The average Bonchev–Trinajstić information content (AvgIpc) is 3.19. The Morgan fingerprint density at radius 3 is 3.00 bits per heavy atom. The highest BCUT2D eigenvalue weighted by Crippen LogP contribution is 2.23. The number of fused-ring (bicyclic) bond motifs is 1. The smallest absolute Gasteiger partial charge is 0.318 e. The lowest BCUT2D eigenvalue weighted by Crippen LogP contribution is -2.59. The lowest BCUT2D eigenvalue weighted by atomic mass is 10.1. The Morgan fingerprint density at radius 1 is 1.42 bits per heavy atom. The minimum Gasteiger partial charge on any atom is -0.486 e. The Morgan fingerprint density at radius 2 is 2.23 bits per heavy atom. The molecule has 0 aliphatic carbocycles. The molecule has 3 heterocycles. The third kappa shape index (κ3) is 3.26. The summed E-state index contributed by atoms with van der Waals surface area (Å²) in [5.74, 6) is 0.923. The number of imidazole rings is 1. The molecule has 1 fully saturated rings. The van der Waals surface area contributed by atoms with Crippen LogP contribution in [0.2, 0.25) is 0 Å². The van der Waals surface area contributed by atoms with Gasteiger partial charge in [0.15, 0.2) is 4.96 Å². The standard InChI is InChI=1S/C19H22N4O2S/c1-3-14-6-4-5-7-17(14)25-15-10-23(11-15)18(24)20-13(2)16-12-22-8-9-26-19(22)21-16/h4-9,12-13,15H,3,10-11H2,1-2H3,(H,20,24). The molecule has 1 aromatic carbocycles. The summed E-state index contributed by atoms with van der Waals surface area (Å²) in [7, 11) is 0. The summed E-state index contributed by atoms with van der Waals surface area (Å²) in [5, 5.41) is 5.01. The number of para-hydroxylation sites is 1. The highest BCUT2D eigenvalue weighted by molar-refractivity contribution is 7.15. The quantitative estimate of drug-likeness (QED) is 0.748. The molecule has 1 saturated heterocycles. The molecule has 1 unspecified atom stereocenters. The van der Waals surface area contributed by atoms with E-state index in [0.29, 0.717) is 13.1 Å². The number of rotatable bonds is 5. The van der Waals surface area contributed by atoms with Gasteiger partial charge in [0.05, 0.1) is 24.8 Å². The van der Waals surface area contributed by atoms with E-state index in [9.17, 15) is 4.79 Å². The number of thiazole rings is 1. The van der Waals surface area contributed by atoms with Crippen molar-refractivity contribution in [1.82, 2.24) is 19.6 Å². The van der Waals surface area contributed by atoms with E-state index >= 15 is 0 Å². The molecule has 0 bridgehead atoms. The number of carbonyl (C=O) groups is 1. The van der Waals surface area contributed by atoms with Crippen molar-refractivity contribution in [3.05, 3.63) is 53.3 Å². The van der Waals surface area contributed by atoms with Gasteiger partial charge in [0, 0.05) is 17.8 Å². The summed E-state index contributed by atoms with van der Waals surface area (Å²) >= 11 is 1.58. The number of benzene rings is 1. The second-order valence-electron chi connectivity index (χ2n) is 6.54. The van der Waals surface area contributed by atoms with Crippen molar-refractivity contribution in [3.63, 3.8) is 0 Å². The first-order valence-corrected chi connectivity index (χ1v) is 9.74. The number of ether oxygens (including phenoxy) is 1. The number of urea groups is 1. The van der Waals surface area contributed by atoms with Gasteiger partial charge in [-0.2, -0.15) is 0 Å². The first-order chi connectivity index (χ1) is 12.6. The van der Waals surface area contributed by atoms with Crippen LogP contribution in [0, 0.1) is 0 Å². The van der Waals surface area contributed by atoms with Gasteiger partial charge in [-0.05, 0) is 25.0 Å². The molecule has 4 rings (SSSR count). The predicted molar refractivity (Wildman–Crippen MR) is 102 cm³/mol. The molecule has 136 valence electrons. The minimum atomic E-state index is -0.129. The number of nitrogens with one attached hydrogen (secondary N) is 1. The van der Waals surface area contributed by atoms with Gasteiger partial charge in [-0.1, -0.05) is 25.1 Å². The van der Waals surface area contributed by atoms with Crippen LogP contribution in [0.4, 0.5) is 4.79 Å². The van der Waals surface area contributed by atoms with Gasteiger partial charge in [0.1, 0.15) is 11.9 Å². The molecule has 3 aromatic rings. The van der Waals surface area contributed by atoms with Crippen LogP contribution < -0.4 is 10.1 Å². The fourth-order valence-electron chi connectivity index (χ4n) is 3.07. The van der Waals surface area contributed by atoms with E-state index in [2.05, 4.69) is 23.3 Å². The van der Waals surface area contributed by atoms with Crippen LogP contribution in [0.3, 0.4) is 0 Å². The molecule has 26 heavy (non-hydrogen) atoms. The van der Waals surface area contributed by atoms with E-state index in [-0.39, 0.29) is 18.2 Å². The normalized spacial score (nSPS) is 15.7. The highest BCUT2D eigenvalue weighted by Gasteiger charge is 2.33. The molecule has 7 heteroatoms. The van der Waals surface area contributed by atoms with Crippen molar-refractivity contribution in [2.45, 2.75) is 32.4 Å². The molecule has 6 nitrogen and oxygen atoms in total. The van der Waals surface area contributed by atoms with Gasteiger partial charge in [0.25, 0.3) is 0 Å². The van der Waals surface area contributed by atoms with Crippen molar-refractivity contribution in [1.29, 1.82) is 0 Å². The van der Waals surface area contributed by atoms with E-state index in [1.54, 1.807) is 16.2 Å². The molecule has 0 spiro atoms. The SMILES string of the molecule is CCc1ccccc1OC1CN(C(=O)NC(C)c2cn3ccsc3n2)C1. The summed E-state index contributed by atoms with van der Waals surface area (Å²) in [4.78, 5) is 19.7. The number of amides is 2. The van der Waals surface area contributed by atoms with Crippen molar-refractivity contribution in [2.75, 3.05) is 13.1 Å². The molecule has 1 N–H and O–H groups in total. The van der Waals surface area contributed by atoms with Crippen LogP contribution in [-0.2, 0) is 6.42 Å². The van der Waals surface area contributed by atoms with Crippen LogP contribution in [-0.4, -0.2) is 39.5 Å². The van der Waals surface area contributed by atoms with E-state index in [0.717, 1.165) is 22.8 Å². The zero-order chi connectivity index (χ0) is 18.1. The number of nitrogens with zero attached hydrogens (tertiary/aromatic N) is 3. The van der Waals surface area contributed by atoms with Crippen LogP contribution >= 0.6 is 11.3 Å². The molecule has 0 radical (unpaired) electrons. The molecule has 2 amide bonds. The van der Waals surface area contributed by atoms with Crippen LogP contribution in [0.1, 0.15) is 31.1 Å². The van der Waals surface area contributed by atoms with Gasteiger partial charge in [-0.3, -0.25) is 4.40 Å². The number of aromatic nitrogens is 2. The van der Waals surface area contributed by atoms with E-state index in [1.807, 2.05) is 47.3 Å². The summed E-state index contributed by atoms with van der Waals surface area (Å²) in [6.07, 6.45) is 4.92. The minimum absolute atomic E-state index is 0.0571. The molecule has 0 saturated carbocycles. The lowest BCUT2D eigenvalue weighted by Gasteiger charge is -2.39. The maximum atomic E-state index is 12.4. The first kappa shape index (κ1) is 16.9. The third-order valence-corrected chi connectivity index (χ3v) is 5.45. The van der Waals surface area contributed by atoms with Crippen molar-refractivity contribution in [2.24, 2.45) is 0 Å². The maximum absolute atomic E-state index is 12.4. The number of hydrogen-bond acceptors (Lipinski definition) is 4. The largest absolute Gasteiger partial charge is 0.486 e. The lowest BCUT2D eigenvalue weighted by molar-refractivity contribution is 0.0430. The second-order valence-corrected chi connectivity index (χ2v) is 7.41. The summed E-state index contributed by atoms with van der Waals surface area (Å²) in [5.41, 5.74) is 2.07. The topological polar surface area (TPSA) is 58.9 Å². The summed E-state index contributed by atoms with van der Waals surface area (Å²) in [6.45, 7) is 5.28. The Kier molecular flexibility index (Phi) is 4.55. The summed E-state index contributed by atoms with van der Waals surface area (Å²) in [6, 6.07) is 7.87. The van der Waals surface area contributed by atoms with Crippen molar-refractivity contribution in [3.8, 4) is 5.75 Å². The molecule has 1 aliphatic heterocycles. The number of aryl methyl sites for hydroxylation is 1. The Balaban J connectivity index is 1.29. The monoisotopic (exact) mass is 370 g/mol. The van der Waals surface area contributed by atoms with E-state index in [4.69, 9.17) is 4.74 Å². The predicted octanol–water partition coefficient (Wildman–Crippen LogP) is 3.49. The Labute approximate surface area is 156 Å². The van der Waals surface area contributed by atoms with Crippen LogP contribution in [0.25, 0.3) is 4.96 Å². The van der Waals surface area contributed by atoms with Gasteiger partial charge >= 0.3 is 6.03 Å². The molecular weight excluding hydrogens is 348 g/mol. The number of hydrogen-bond donors (Lipinski definition) is 1. The highest BCUT2D eigenvalue weighted by atomic mass is 32.1. The van der Waals surface area contributed by atoms with E-state index in [1.165, 1.54) is 5.56 Å². The maximum Gasteiger partial charge on any atom is 0.318 e. The zero-order valence-electron chi connectivity index (χ0n) is 14.9. The zero-order valence-corrected chi connectivity index (χ0v) is 15.7. The molecule has 1 aliphatic rings. The number of carbonyl (C=O) groups excluding carboxylic acids is 1. The van der Waals surface area contributed by atoms with Gasteiger partial charge < -0.3 is 15.0 Å². The fraction of sp³-hybridized carbons (Fsp3) is 0.368. The van der Waals surface area contributed by atoms with Crippen LogP contribution in [0.5, 0.6) is 5.75 Å². The molecule has 2 aromatic heterocycles. The number of likely N-dealkylation sites (tertiary alicyclic amines) is 1. The first-order valence-electron chi connectivity index (χ1n) is 8.86. The van der Waals surface area contributed by atoms with Crippen molar-refractivity contribution < 1.29 is 9.53 Å². The fourth-order valence-corrected chi connectivity index (χ4v) is 3.78. The molecule has 1 atom stereocenters. The molecular formula is C19H22N4O2S. The third-order valence-electron chi connectivity index (χ3n) is 4.68. The van der Waals surface area contributed by atoms with Gasteiger partial charge in [0.2, 0.25) is 0 Å². The Hall–Kier alpha value is -2.54. The van der Waals surface area contributed by atoms with Gasteiger partial charge in [-0.25, -0.2) is 9.78 Å². The average molecular weight is 370 g/mol.